The number of benzene rings is 1. The maximum absolute atomic E-state index is 13.5. The van der Waals surface area contributed by atoms with Crippen LogP contribution in [-0.4, -0.2) is 19.0 Å². The lowest BCUT2D eigenvalue weighted by molar-refractivity contribution is 0.607. The van der Waals surface area contributed by atoms with Crippen LogP contribution in [0.2, 0.25) is 0 Å². The number of nitrogens with one attached hydrogen (secondary N) is 2. The molecule has 1 fully saturated rings. The van der Waals surface area contributed by atoms with E-state index >= 15 is 0 Å². The molecule has 1 saturated carbocycles. The lowest BCUT2D eigenvalue weighted by atomic mass is 10.1. The van der Waals surface area contributed by atoms with Crippen LogP contribution in [-0.2, 0) is 0 Å². The van der Waals surface area contributed by atoms with E-state index in [-0.39, 0.29) is 11.9 Å². The minimum absolute atomic E-state index is 0.0325. The molecule has 0 spiro atoms. The third-order valence-corrected chi connectivity index (χ3v) is 3.19. The molecule has 0 aromatic heterocycles. The van der Waals surface area contributed by atoms with Crippen molar-refractivity contribution < 1.29 is 4.39 Å². The molecule has 0 heterocycles. The standard InChI is InChI=1S/C14H20FN3/c1-9-4-5-11(8-13(9)15)10(2)17-14(16-3)18-12-6-7-12/h4-5,8,10,12H,6-7H2,1-3H3,(H2,16,17,18). The summed E-state index contributed by atoms with van der Waals surface area (Å²) in [6.07, 6.45) is 2.41. The molecular weight excluding hydrogens is 229 g/mol. The van der Waals surface area contributed by atoms with Gasteiger partial charge in [0, 0.05) is 13.1 Å². The minimum Gasteiger partial charge on any atom is -0.354 e. The molecule has 1 unspecified atom stereocenters. The summed E-state index contributed by atoms with van der Waals surface area (Å²) in [7, 11) is 1.75. The summed E-state index contributed by atoms with van der Waals surface area (Å²) in [6, 6.07) is 5.92. The van der Waals surface area contributed by atoms with Crippen molar-refractivity contribution in [3.05, 3.63) is 35.1 Å². The average molecular weight is 249 g/mol. The van der Waals surface area contributed by atoms with Crippen molar-refractivity contribution in [2.75, 3.05) is 7.05 Å². The third-order valence-electron chi connectivity index (χ3n) is 3.19. The first-order valence-corrected chi connectivity index (χ1v) is 6.36. The molecule has 98 valence electrons. The lowest BCUT2D eigenvalue weighted by Gasteiger charge is -2.18. The van der Waals surface area contributed by atoms with Gasteiger partial charge in [0.05, 0.1) is 6.04 Å². The van der Waals surface area contributed by atoms with Gasteiger partial charge in [0.1, 0.15) is 5.82 Å². The fourth-order valence-corrected chi connectivity index (χ4v) is 1.76. The smallest absolute Gasteiger partial charge is 0.191 e. The van der Waals surface area contributed by atoms with Gasteiger partial charge in [-0.05, 0) is 43.9 Å². The summed E-state index contributed by atoms with van der Waals surface area (Å²) in [5.41, 5.74) is 1.60. The second-order valence-electron chi connectivity index (χ2n) is 4.87. The van der Waals surface area contributed by atoms with Crippen molar-refractivity contribution in [3.8, 4) is 0 Å². The fourth-order valence-electron chi connectivity index (χ4n) is 1.76. The predicted octanol–water partition coefficient (Wildman–Crippen LogP) is 2.52. The number of halogens is 1. The fraction of sp³-hybridized carbons (Fsp3) is 0.500. The van der Waals surface area contributed by atoms with E-state index in [4.69, 9.17) is 0 Å². The van der Waals surface area contributed by atoms with Gasteiger partial charge in [-0.2, -0.15) is 0 Å². The van der Waals surface area contributed by atoms with Gasteiger partial charge < -0.3 is 10.6 Å². The molecule has 4 heteroatoms. The first-order valence-electron chi connectivity index (χ1n) is 6.36. The monoisotopic (exact) mass is 249 g/mol. The molecule has 0 amide bonds. The highest BCUT2D eigenvalue weighted by molar-refractivity contribution is 5.80. The molecule has 2 N–H and O–H groups in total. The molecule has 0 radical (unpaired) electrons. The molecule has 1 aliphatic carbocycles. The van der Waals surface area contributed by atoms with Crippen LogP contribution in [0.5, 0.6) is 0 Å². The molecule has 0 aliphatic heterocycles. The maximum atomic E-state index is 13.5. The van der Waals surface area contributed by atoms with Crippen molar-refractivity contribution in [1.29, 1.82) is 0 Å². The molecule has 0 saturated heterocycles. The Morgan fingerprint density at radius 1 is 1.44 bits per heavy atom. The first-order chi connectivity index (χ1) is 8.60. The number of nitrogens with zero attached hydrogens (tertiary/aromatic N) is 1. The number of aliphatic imine (C=N–C) groups is 1. The highest BCUT2D eigenvalue weighted by atomic mass is 19.1. The molecule has 1 atom stereocenters. The number of hydrogen-bond acceptors (Lipinski definition) is 1. The first kappa shape index (κ1) is 12.9. The van der Waals surface area contributed by atoms with Crippen LogP contribution in [0.4, 0.5) is 4.39 Å². The Labute approximate surface area is 108 Å². The Balaban J connectivity index is 2.00. The van der Waals surface area contributed by atoms with E-state index in [1.165, 1.54) is 12.8 Å². The van der Waals surface area contributed by atoms with E-state index in [1.807, 2.05) is 13.0 Å². The Kier molecular flexibility index (Phi) is 3.84. The quantitative estimate of drug-likeness (QED) is 0.638. The second-order valence-corrected chi connectivity index (χ2v) is 4.87. The molecule has 3 nitrogen and oxygen atoms in total. The van der Waals surface area contributed by atoms with Crippen molar-refractivity contribution in [2.24, 2.45) is 4.99 Å². The van der Waals surface area contributed by atoms with Crippen LogP contribution >= 0.6 is 0 Å². The summed E-state index contributed by atoms with van der Waals surface area (Å²) in [5, 5.41) is 6.59. The SMILES string of the molecule is CN=C(NC1CC1)NC(C)c1ccc(C)c(F)c1. The van der Waals surface area contributed by atoms with Crippen molar-refractivity contribution >= 4 is 5.96 Å². The zero-order valence-corrected chi connectivity index (χ0v) is 11.1. The average Bonchev–Trinajstić information content (AvgIpc) is 3.15. The van der Waals surface area contributed by atoms with E-state index in [2.05, 4.69) is 15.6 Å². The highest BCUT2D eigenvalue weighted by Gasteiger charge is 2.22. The van der Waals surface area contributed by atoms with Crippen molar-refractivity contribution in [3.63, 3.8) is 0 Å². The lowest BCUT2D eigenvalue weighted by Crippen LogP contribution is -2.39. The summed E-state index contributed by atoms with van der Waals surface area (Å²) >= 11 is 0. The van der Waals surface area contributed by atoms with Gasteiger partial charge in [-0.3, -0.25) is 4.99 Å². The van der Waals surface area contributed by atoms with Gasteiger partial charge in [-0.15, -0.1) is 0 Å². The van der Waals surface area contributed by atoms with Crippen LogP contribution < -0.4 is 10.6 Å². The predicted molar refractivity (Wildman–Crippen MR) is 72.2 cm³/mol. The van der Waals surface area contributed by atoms with E-state index in [9.17, 15) is 4.39 Å². The van der Waals surface area contributed by atoms with Gasteiger partial charge in [-0.1, -0.05) is 12.1 Å². The minimum atomic E-state index is -0.161. The summed E-state index contributed by atoms with van der Waals surface area (Å²) in [4.78, 5) is 4.17. The number of aryl methyl sites for hydroxylation is 1. The van der Waals surface area contributed by atoms with Gasteiger partial charge in [0.25, 0.3) is 0 Å². The van der Waals surface area contributed by atoms with Crippen LogP contribution in [0.1, 0.15) is 36.9 Å². The van der Waals surface area contributed by atoms with E-state index in [0.29, 0.717) is 11.6 Å². The molecule has 2 rings (SSSR count). The third kappa shape index (κ3) is 3.22. The summed E-state index contributed by atoms with van der Waals surface area (Å²) < 4.78 is 13.5. The Hall–Kier alpha value is -1.58. The normalized spacial score (nSPS) is 17.4. The largest absolute Gasteiger partial charge is 0.354 e. The van der Waals surface area contributed by atoms with Crippen LogP contribution in [0, 0.1) is 12.7 Å². The zero-order valence-electron chi connectivity index (χ0n) is 11.1. The second kappa shape index (κ2) is 5.38. The molecule has 18 heavy (non-hydrogen) atoms. The molecule has 1 aliphatic rings. The molecular formula is C14H20FN3. The summed E-state index contributed by atoms with van der Waals surface area (Å²) in [5.74, 6) is 0.622. The molecule has 1 aromatic rings. The highest BCUT2D eigenvalue weighted by Crippen LogP contribution is 2.19. The number of guanidine groups is 1. The maximum Gasteiger partial charge on any atom is 0.191 e. The van der Waals surface area contributed by atoms with Crippen LogP contribution in [0.25, 0.3) is 0 Å². The van der Waals surface area contributed by atoms with Gasteiger partial charge in [0.15, 0.2) is 5.96 Å². The van der Waals surface area contributed by atoms with Gasteiger partial charge >= 0.3 is 0 Å². The number of hydrogen-bond donors (Lipinski definition) is 2. The topological polar surface area (TPSA) is 36.4 Å². The Morgan fingerprint density at radius 2 is 2.17 bits per heavy atom. The Morgan fingerprint density at radius 3 is 2.72 bits per heavy atom. The van der Waals surface area contributed by atoms with E-state index in [0.717, 1.165) is 11.5 Å². The molecule has 0 bridgehead atoms. The van der Waals surface area contributed by atoms with Crippen LogP contribution in [0.3, 0.4) is 0 Å². The van der Waals surface area contributed by atoms with E-state index in [1.54, 1.807) is 26.1 Å². The zero-order chi connectivity index (χ0) is 13.1. The molecule has 1 aromatic carbocycles. The Bertz CT molecular complexity index is 452. The van der Waals surface area contributed by atoms with Gasteiger partial charge in [0.2, 0.25) is 0 Å². The van der Waals surface area contributed by atoms with E-state index < -0.39 is 0 Å². The van der Waals surface area contributed by atoms with Crippen molar-refractivity contribution in [2.45, 2.75) is 38.8 Å². The van der Waals surface area contributed by atoms with Gasteiger partial charge in [-0.25, -0.2) is 4.39 Å². The number of rotatable bonds is 3. The van der Waals surface area contributed by atoms with Crippen molar-refractivity contribution in [1.82, 2.24) is 10.6 Å². The summed E-state index contributed by atoms with van der Waals surface area (Å²) in [6.45, 7) is 3.77. The van der Waals surface area contributed by atoms with Crippen LogP contribution in [0.15, 0.2) is 23.2 Å².